The van der Waals surface area contributed by atoms with E-state index >= 15 is 0 Å². The second-order valence-electron chi connectivity index (χ2n) is 5.72. The van der Waals surface area contributed by atoms with Gasteiger partial charge < -0.3 is 14.1 Å². The number of hydrogen-bond acceptors (Lipinski definition) is 7. The van der Waals surface area contributed by atoms with Gasteiger partial charge in [0.15, 0.2) is 16.0 Å². The number of aromatic nitrogens is 6. The summed E-state index contributed by atoms with van der Waals surface area (Å²) in [6.45, 7) is 0.640. The van der Waals surface area contributed by atoms with E-state index in [4.69, 9.17) is 9.52 Å². The Bertz CT molecular complexity index is 1000. The number of rotatable bonds is 6. The fourth-order valence-electron chi connectivity index (χ4n) is 2.39. The van der Waals surface area contributed by atoms with Crippen LogP contribution in [0.2, 0.25) is 0 Å². The van der Waals surface area contributed by atoms with Crippen molar-refractivity contribution in [2.24, 2.45) is 7.05 Å². The summed E-state index contributed by atoms with van der Waals surface area (Å²) in [5.41, 5.74) is 2.63. The van der Waals surface area contributed by atoms with Gasteiger partial charge in [0.25, 0.3) is 0 Å². The molecule has 0 aliphatic carbocycles. The van der Waals surface area contributed by atoms with Crippen molar-refractivity contribution in [3.63, 3.8) is 0 Å². The van der Waals surface area contributed by atoms with Crippen molar-refractivity contribution in [3.8, 4) is 11.5 Å². The average molecular weight is 368 g/mol. The second-order valence-corrected chi connectivity index (χ2v) is 6.69. The van der Waals surface area contributed by atoms with Crippen LogP contribution in [0.1, 0.15) is 11.1 Å². The molecule has 8 nitrogen and oxygen atoms in total. The van der Waals surface area contributed by atoms with E-state index in [-0.39, 0.29) is 6.61 Å². The van der Waals surface area contributed by atoms with Gasteiger partial charge in [-0.15, -0.1) is 15.3 Å². The van der Waals surface area contributed by atoms with Crippen LogP contribution in [0.3, 0.4) is 0 Å². The molecule has 0 spiro atoms. The molecule has 4 aromatic rings. The van der Waals surface area contributed by atoms with Crippen molar-refractivity contribution in [2.75, 3.05) is 0 Å². The Morgan fingerprint density at radius 1 is 1.08 bits per heavy atom. The number of aryl methyl sites for hydroxylation is 1. The Labute approximate surface area is 153 Å². The molecule has 0 atom stereocenters. The van der Waals surface area contributed by atoms with Crippen LogP contribution in [0.5, 0.6) is 0 Å². The summed E-state index contributed by atoms with van der Waals surface area (Å²) in [7, 11) is 1.88. The highest BCUT2D eigenvalue weighted by atomic mass is 32.2. The summed E-state index contributed by atoms with van der Waals surface area (Å²) in [5, 5.41) is 26.8. The van der Waals surface area contributed by atoms with Gasteiger partial charge in [-0.3, -0.25) is 0 Å². The lowest BCUT2D eigenvalue weighted by atomic mass is 10.1. The third-order valence-corrected chi connectivity index (χ3v) is 4.76. The monoisotopic (exact) mass is 368 g/mol. The van der Waals surface area contributed by atoms with E-state index in [2.05, 4.69) is 20.5 Å². The quantitative estimate of drug-likeness (QED) is 0.558. The minimum absolute atomic E-state index is 0.0426. The highest BCUT2D eigenvalue weighted by Gasteiger charge is 2.12. The maximum atomic E-state index is 9.10. The van der Waals surface area contributed by atoms with Crippen LogP contribution in [-0.2, 0) is 20.2 Å². The first-order valence-electron chi connectivity index (χ1n) is 7.92. The van der Waals surface area contributed by atoms with Gasteiger partial charge in [0.2, 0.25) is 0 Å². The lowest BCUT2D eigenvalue weighted by Gasteiger charge is -2.02. The number of nitrogens with zero attached hydrogens (tertiary/aromatic N) is 6. The summed E-state index contributed by atoms with van der Waals surface area (Å²) in [6, 6.07) is 11.5. The normalized spacial score (nSPS) is 11.2. The molecule has 0 bridgehead atoms. The van der Waals surface area contributed by atoms with Gasteiger partial charge in [0.05, 0.1) is 19.3 Å². The van der Waals surface area contributed by atoms with Crippen LogP contribution in [0.4, 0.5) is 0 Å². The number of furan rings is 1. The molecule has 1 aromatic carbocycles. The molecule has 0 radical (unpaired) electrons. The zero-order valence-electron chi connectivity index (χ0n) is 14.0. The van der Waals surface area contributed by atoms with Gasteiger partial charge in [-0.25, -0.2) is 4.68 Å². The number of aliphatic hydroxyl groups excluding tert-OH is 1. The third kappa shape index (κ3) is 3.53. The van der Waals surface area contributed by atoms with E-state index in [9.17, 15) is 0 Å². The molecule has 0 fully saturated rings. The second kappa shape index (κ2) is 7.14. The molecule has 3 aromatic heterocycles. The lowest BCUT2D eigenvalue weighted by Crippen LogP contribution is -2.00. The molecule has 0 saturated heterocycles. The molecule has 132 valence electrons. The van der Waals surface area contributed by atoms with Crippen LogP contribution < -0.4 is 0 Å². The van der Waals surface area contributed by atoms with E-state index in [0.29, 0.717) is 23.1 Å². The van der Waals surface area contributed by atoms with Crippen molar-refractivity contribution >= 4 is 11.8 Å². The summed E-state index contributed by atoms with van der Waals surface area (Å²) < 4.78 is 9.41. The number of hydrogen-bond donors (Lipinski definition) is 1. The predicted octanol–water partition coefficient (Wildman–Crippen LogP) is 2.36. The van der Waals surface area contributed by atoms with Crippen molar-refractivity contribution in [1.29, 1.82) is 0 Å². The molecule has 0 aliphatic heterocycles. The SMILES string of the molecule is Cn1cnnc1Sc1ccc(-c2cn(Cc3ccc(CO)cc3)nn2)o1. The van der Waals surface area contributed by atoms with Gasteiger partial charge in [-0.2, -0.15) is 0 Å². The molecule has 4 rings (SSSR count). The molecule has 3 heterocycles. The summed E-state index contributed by atoms with van der Waals surface area (Å²) in [4.78, 5) is 0. The van der Waals surface area contributed by atoms with Gasteiger partial charge in [0, 0.05) is 7.05 Å². The molecule has 0 amide bonds. The topological polar surface area (TPSA) is 94.8 Å². The maximum Gasteiger partial charge on any atom is 0.198 e. The number of aliphatic hydroxyl groups is 1. The van der Waals surface area contributed by atoms with Gasteiger partial charge in [0.1, 0.15) is 12.0 Å². The fraction of sp³-hybridized carbons (Fsp3) is 0.176. The highest BCUT2D eigenvalue weighted by Crippen LogP contribution is 2.30. The average Bonchev–Trinajstić information content (AvgIpc) is 3.38. The highest BCUT2D eigenvalue weighted by molar-refractivity contribution is 7.99. The maximum absolute atomic E-state index is 9.10. The Balaban J connectivity index is 1.46. The Hall–Kier alpha value is -2.91. The predicted molar refractivity (Wildman–Crippen MR) is 94.3 cm³/mol. The minimum atomic E-state index is 0.0426. The molecule has 26 heavy (non-hydrogen) atoms. The molecule has 0 aliphatic rings. The van der Waals surface area contributed by atoms with Gasteiger partial charge in [-0.05, 0) is 35.0 Å². The van der Waals surface area contributed by atoms with Crippen molar-refractivity contribution in [2.45, 2.75) is 23.4 Å². The largest absolute Gasteiger partial charge is 0.448 e. The fourth-order valence-corrected chi connectivity index (χ4v) is 3.12. The van der Waals surface area contributed by atoms with Crippen molar-refractivity contribution in [1.82, 2.24) is 29.8 Å². The van der Waals surface area contributed by atoms with Crippen LogP contribution in [0.25, 0.3) is 11.5 Å². The van der Waals surface area contributed by atoms with Gasteiger partial charge >= 0.3 is 0 Å². The van der Waals surface area contributed by atoms with Crippen molar-refractivity contribution < 1.29 is 9.52 Å². The molecule has 0 unspecified atom stereocenters. The summed E-state index contributed by atoms with van der Waals surface area (Å²) in [5.74, 6) is 0.650. The van der Waals surface area contributed by atoms with Gasteiger partial charge in [-0.1, -0.05) is 29.5 Å². The number of benzene rings is 1. The van der Waals surface area contributed by atoms with E-state index in [1.54, 1.807) is 11.0 Å². The van der Waals surface area contributed by atoms with E-state index in [1.807, 2.05) is 54.2 Å². The smallest absolute Gasteiger partial charge is 0.198 e. The molecular formula is C17H16N6O2S. The molecular weight excluding hydrogens is 352 g/mol. The Morgan fingerprint density at radius 2 is 1.88 bits per heavy atom. The van der Waals surface area contributed by atoms with Crippen LogP contribution in [0, 0.1) is 0 Å². The van der Waals surface area contributed by atoms with E-state index in [0.717, 1.165) is 16.3 Å². The minimum Gasteiger partial charge on any atom is -0.448 e. The zero-order chi connectivity index (χ0) is 17.9. The first-order chi connectivity index (χ1) is 12.7. The first kappa shape index (κ1) is 16.6. The van der Waals surface area contributed by atoms with Crippen molar-refractivity contribution in [3.05, 3.63) is 60.0 Å². The summed E-state index contributed by atoms with van der Waals surface area (Å²) in [6.07, 6.45) is 3.49. The van der Waals surface area contributed by atoms with E-state index < -0.39 is 0 Å². The van der Waals surface area contributed by atoms with E-state index in [1.165, 1.54) is 11.8 Å². The van der Waals surface area contributed by atoms with Crippen LogP contribution in [-0.4, -0.2) is 34.9 Å². The molecule has 9 heteroatoms. The first-order valence-corrected chi connectivity index (χ1v) is 8.74. The lowest BCUT2D eigenvalue weighted by molar-refractivity contribution is 0.282. The van der Waals surface area contributed by atoms with Crippen LogP contribution in [0.15, 0.2) is 63.6 Å². The Kier molecular flexibility index (Phi) is 4.55. The third-order valence-electron chi connectivity index (χ3n) is 3.78. The zero-order valence-corrected chi connectivity index (χ0v) is 14.8. The molecule has 1 N–H and O–H groups in total. The summed E-state index contributed by atoms with van der Waals surface area (Å²) >= 11 is 1.40. The Morgan fingerprint density at radius 3 is 2.62 bits per heavy atom. The van der Waals surface area contributed by atoms with Crippen LogP contribution >= 0.6 is 11.8 Å². The molecule has 0 saturated carbocycles. The standard InChI is InChI=1S/C17H16N6O2S/c1-22-11-18-20-17(22)26-16-7-6-15(25-16)14-9-23(21-19-14)8-12-2-4-13(10-24)5-3-12/h2-7,9,11,24H,8,10H2,1H3.